The number of allylic oxidation sites excluding steroid dienone is 1. The molecule has 8 heteroatoms. The number of hydrogen-bond donors (Lipinski definition) is 3. The van der Waals surface area contributed by atoms with E-state index in [1.54, 1.807) is 0 Å². The van der Waals surface area contributed by atoms with Gasteiger partial charge in [-0.15, -0.1) is 0 Å². The van der Waals surface area contributed by atoms with Crippen LogP contribution in [0, 0.1) is 5.92 Å². The highest BCUT2D eigenvalue weighted by molar-refractivity contribution is 5.97. The van der Waals surface area contributed by atoms with E-state index in [1.165, 1.54) is 11.9 Å². The van der Waals surface area contributed by atoms with Gasteiger partial charge in [-0.1, -0.05) is 6.58 Å². The topological polar surface area (TPSA) is 105 Å². The zero-order valence-corrected chi connectivity index (χ0v) is 16.9. The second-order valence-electron chi connectivity index (χ2n) is 7.96. The van der Waals surface area contributed by atoms with Crippen molar-refractivity contribution in [2.75, 3.05) is 37.9 Å². The summed E-state index contributed by atoms with van der Waals surface area (Å²) in [4.78, 5) is 22.7. The van der Waals surface area contributed by atoms with Crippen molar-refractivity contribution >= 4 is 17.7 Å². The molecule has 4 N–H and O–H groups in total. The highest BCUT2D eigenvalue weighted by Gasteiger charge is 2.25. The number of rotatable bonds is 7. The molecule has 3 rings (SSSR count). The van der Waals surface area contributed by atoms with Crippen LogP contribution < -0.4 is 16.4 Å². The fourth-order valence-electron chi connectivity index (χ4n) is 3.91. The Morgan fingerprint density at radius 1 is 1.21 bits per heavy atom. The van der Waals surface area contributed by atoms with Gasteiger partial charge >= 0.3 is 0 Å². The number of amides is 1. The Balaban J connectivity index is 1.63. The predicted molar refractivity (Wildman–Crippen MR) is 110 cm³/mol. The van der Waals surface area contributed by atoms with Gasteiger partial charge in [0.05, 0.1) is 18.2 Å². The molecule has 2 aliphatic rings. The minimum Gasteiger partial charge on any atom is -0.381 e. The first-order valence-corrected chi connectivity index (χ1v) is 10.1. The molecule has 1 aliphatic heterocycles. The molecule has 2 fully saturated rings. The van der Waals surface area contributed by atoms with E-state index in [-0.39, 0.29) is 6.04 Å². The van der Waals surface area contributed by atoms with Crippen LogP contribution in [-0.4, -0.2) is 60.2 Å². The van der Waals surface area contributed by atoms with Gasteiger partial charge in [-0.25, -0.2) is 4.98 Å². The molecular weight excluding hydrogens is 356 g/mol. The Hall–Kier alpha value is -2.35. The summed E-state index contributed by atoms with van der Waals surface area (Å²) in [6.45, 7) is 5.58. The number of primary amides is 1. The first kappa shape index (κ1) is 20.4. The molecular formula is C20H32N6O2. The van der Waals surface area contributed by atoms with Crippen molar-refractivity contribution in [3.8, 4) is 0 Å². The van der Waals surface area contributed by atoms with Gasteiger partial charge in [0.1, 0.15) is 5.82 Å². The molecule has 1 aliphatic carbocycles. The van der Waals surface area contributed by atoms with Crippen LogP contribution in [0.25, 0.3) is 0 Å². The summed E-state index contributed by atoms with van der Waals surface area (Å²) >= 11 is 0. The smallest absolute Gasteiger partial charge is 0.254 e. The lowest BCUT2D eigenvalue weighted by atomic mass is 9.84. The van der Waals surface area contributed by atoms with E-state index < -0.39 is 5.91 Å². The molecule has 1 aromatic heterocycles. The van der Waals surface area contributed by atoms with Crippen molar-refractivity contribution in [2.24, 2.45) is 11.7 Å². The molecule has 0 bridgehead atoms. The predicted octanol–water partition coefficient (Wildman–Crippen LogP) is 2.21. The van der Waals surface area contributed by atoms with Gasteiger partial charge in [0.15, 0.2) is 0 Å². The van der Waals surface area contributed by atoms with Crippen LogP contribution in [0.2, 0.25) is 0 Å². The second-order valence-corrected chi connectivity index (χ2v) is 7.96. The molecule has 0 unspecified atom stereocenters. The van der Waals surface area contributed by atoms with Crippen molar-refractivity contribution < 1.29 is 9.53 Å². The number of aromatic nitrogens is 2. The maximum atomic E-state index is 11.8. The number of nitrogens with zero attached hydrogens (tertiary/aromatic N) is 3. The fraction of sp³-hybridized carbons (Fsp3) is 0.650. The highest BCUT2D eigenvalue weighted by Crippen LogP contribution is 2.31. The third-order valence-electron chi connectivity index (χ3n) is 5.66. The number of ether oxygens (including phenoxy) is 1. The lowest BCUT2D eigenvalue weighted by molar-refractivity contribution is 0.0873. The molecule has 1 saturated heterocycles. The molecule has 28 heavy (non-hydrogen) atoms. The number of carbonyl (C=O) groups is 1. The van der Waals surface area contributed by atoms with Gasteiger partial charge in [0.2, 0.25) is 5.95 Å². The van der Waals surface area contributed by atoms with Crippen molar-refractivity contribution in [1.29, 1.82) is 0 Å². The first-order valence-electron chi connectivity index (χ1n) is 10.1. The molecule has 2 heterocycles. The molecule has 0 radical (unpaired) electrons. The van der Waals surface area contributed by atoms with E-state index >= 15 is 0 Å². The van der Waals surface area contributed by atoms with Gasteiger partial charge in [0.25, 0.3) is 5.91 Å². The van der Waals surface area contributed by atoms with Gasteiger partial charge in [-0.2, -0.15) is 4.98 Å². The van der Waals surface area contributed by atoms with Crippen molar-refractivity contribution in [3.63, 3.8) is 0 Å². The maximum absolute atomic E-state index is 11.8. The highest BCUT2D eigenvalue weighted by atomic mass is 16.5. The molecule has 1 atom stereocenters. The van der Waals surface area contributed by atoms with Crippen molar-refractivity contribution in [2.45, 2.75) is 50.6 Å². The Morgan fingerprint density at radius 3 is 2.57 bits per heavy atom. The van der Waals surface area contributed by atoms with E-state index in [1.807, 2.05) is 14.1 Å². The minimum absolute atomic E-state index is 0.127. The van der Waals surface area contributed by atoms with Gasteiger partial charge < -0.3 is 26.0 Å². The molecule has 8 nitrogen and oxygen atoms in total. The largest absolute Gasteiger partial charge is 0.381 e. The Labute approximate surface area is 166 Å². The average molecular weight is 389 g/mol. The van der Waals surface area contributed by atoms with Gasteiger partial charge in [-0.05, 0) is 44.4 Å². The van der Waals surface area contributed by atoms with Gasteiger partial charge in [0, 0.05) is 38.6 Å². The Morgan fingerprint density at radius 2 is 1.96 bits per heavy atom. The summed E-state index contributed by atoms with van der Waals surface area (Å²) in [6, 6.07) is 0.443. The summed E-state index contributed by atoms with van der Waals surface area (Å²) in [5, 5.41) is 6.73. The van der Waals surface area contributed by atoms with Crippen LogP contribution in [0.3, 0.4) is 0 Å². The number of carbonyl (C=O) groups excluding carboxylic acids is 1. The number of anilines is 2. The molecule has 154 valence electrons. The van der Waals surface area contributed by atoms with Crippen LogP contribution in [0.15, 0.2) is 18.5 Å². The Kier molecular flexibility index (Phi) is 6.72. The molecule has 0 spiro atoms. The van der Waals surface area contributed by atoms with Crippen LogP contribution in [0.4, 0.5) is 11.8 Å². The fourth-order valence-corrected chi connectivity index (χ4v) is 3.91. The van der Waals surface area contributed by atoms with Crippen molar-refractivity contribution in [1.82, 2.24) is 14.9 Å². The zero-order valence-electron chi connectivity index (χ0n) is 16.9. The number of nitrogens with two attached hydrogens (primary N) is 1. The monoisotopic (exact) mass is 388 g/mol. The third-order valence-corrected chi connectivity index (χ3v) is 5.66. The van der Waals surface area contributed by atoms with Gasteiger partial charge in [-0.3, -0.25) is 4.79 Å². The van der Waals surface area contributed by atoms with E-state index in [2.05, 4.69) is 32.1 Å². The summed E-state index contributed by atoms with van der Waals surface area (Å²) in [7, 11) is 4.10. The van der Waals surface area contributed by atoms with Crippen molar-refractivity contribution in [3.05, 3.63) is 24.0 Å². The van der Waals surface area contributed by atoms with Crippen LogP contribution in [0.1, 0.15) is 48.9 Å². The third kappa shape index (κ3) is 5.13. The van der Waals surface area contributed by atoms with Crippen LogP contribution in [0.5, 0.6) is 0 Å². The van der Waals surface area contributed by atoms with Crippen LogP contribution >= 0.6 is 0 Å². The number of nitrogens with one attached hydrogen (secondary N) is 2. The summed E-state index contributed by atoms with van der Waals surface area (Å²) in [5.74, 6) is 1.01. The first-order chi connectivity index (χ1) is 13.4. The lowest BCUT2D eigenvalue weighted by Gasteiger charge is -2.32. The molecule has 1 saturated carbocycles. The molecule has 0 aromatic carbocycles. The van der Waals surface area contributed by atoms with E-state index in [0.29, 0.717) is 35.9 Å². The molecule has 1 aromatic rings. The standard InChI is InChI=1S/C20H32N6O2/c1-13(26(2)3)14-6-8-15(9-7-14)24-20-22-11-17(18(21)27)19(25-20)23-16-5-4-10-28-12-16/h11,14-16H,1,4-10,12H2,2-3H3,(H2,21,27)(H2,22,23,24,25)/t14-,15-,16-/m1/s1. The quantitative estimate of drug-likeness (QED) is 0.658. The lowest BCUT2D eigenvalue weighted by Crippen LogP contribution is -2.32. The number of hydrogen-bond acceptors (Lipinski definition) is 7. The summed E-state index contributed by atoms with van der Waals surface area (Å²) < 4.78 is 5.50. The van der Waals surface area contributed by atoms with E-state index in [0.717, 1.165) is 45.1 Å². The maximum Gasteiger partial charge on any atom is 0.254 e. The SMILES string of the molecule is C=C([C@H]1CC[C@H](Nc2ncc(C(N)=O)c(N[C@@H]3CCCOC3)n2)CC1)N(C)C. The Bertz CT molecular complexity index is 694. The van der Waals surface area contributed by atoms with Crippen LogP contribution in [-0.2, 0) is 4.74 Å². The average Bonchev–Trinajstić information content (AvgIpc) is 2.69. The van der Waals surface area contributed by atoms with E-state index in [9.17, 15) is 4.79 Å². The zero-order chi connectivity index (χ0) is 20.1. The van der Waals surface area contributed by atoms with E-state index in [4.69, 9.17) is 10.5 Å². The minimum atomic E-state index is -0.534. The summed E-state index contributed by atoms with van der Waals surface area (Å²) in [5.41, 5.74) is 7.00. The molecule has 1 amide bonds. The summed E-state index contributed by atoms with van der Waals surface area (Å²) in [6.07, 6.45) is 7.74. The normalized spacial score (nSPS) is 25.0. The second kappa shape index (κ2) is 9.23.